The van der Waals surface area contributed by atoms with Crippen LogP contribution >= 0.6 is 11.6 Å². The van der Waals surface area contributed by atoms with Crippen molar-refractivity contribution in [1.82, 2.24) is 29.2 Å². The number of nitrogens with zero attached hydrogens (tertiary/aromatic N) is 6. The predicted octanol–water partition coefficient (Wildman–Crippen LogP) is 6.26. The van der Waals surface area contributed by atoms with Gasteiger partial charge in [-0.2, -0.15) is 0 Å². The molecule has 1 fully saturated rings. The van der Waals surface area contributed by atoms with E-state index in [0.717, 1.165) is 41.0 Å². The number of ether oxygens (including phenoxy) is 2. The van der Waals surface area contributed by atoms with Crippen molar-refractivity contribution in [2.24, 2.45) is 0 Å². The number of pyridine rings is 1. The number of imidazole rings is 1. The zero-order chi connectivity index (χ0) is 33.8. The van der Waals surface area contributed by atoms with Crippen LogP contribution < -0.4 is 4.74 Å². The SMILES string of the molecule is Cc1cn(CCCN(Cc2ccccc2)C(=O)[C@H]2CN([C@@H]3c4ccc(Cl)cc4OCc4cccnc43)CCN2C(=O)OC(C)(C)C)cn1. The van der Waals surface area contributed by atoms with E-state index in [9.17, 15) is 9.59 Å². The number of hydrogen-bond donors (Lipinski definition) is 0. The Morgan fingerprint density at radius 2 is 1.88 bits per heavy atom. The molecule has 4 aromatic rings. The van der Waals surface area contributed by atoms with Crippen molar-refractivity contribution < 1.29 is 19.1 Å². The third-order valence-electron chi connectivity index (χ3n) is 8.66. The third-order valence-corrected chi connectivity index (χ3v) is 8.90. The quantitative estimate of drug-likeness (QED) is 0.218. The lowest BCUT2D eigenvalue weighted by Gasteiger charge is -2.45. The van der Waals surface area contributed by atoms with Crippen LogP contribution in [0.4, 0.5) is 4.79 Å². The second kappa shape index (κ2) is 14.4. The maximum Gasteiger partial charge on any atom is 0.411 e. The largest absolute Gasteiger partial charge is 0.488 e. The topological polar surface area (TPSA) is 93.0 Å². The normalized spacial score (nSPS) is 17.9. The highest BCUT2D eigenvalue weighted by Crippen LogP contribution is 2.41. The van der Waals surface area contributed by atoms with Crippen LogP contribution in [0.15, 0.2) is 79.4 Å². The van der Waals surface area contributed by atoms with Gasteiger partial charge < -0.3 is 18.9 Å². The first-order valence-electron chi connectivity index (χ1n) is 16.5. The van der Waals surface area contributed by atoms with Gasteiger partial charge in [-0.1, -0.05) is 54.1 Å². The Balaban J connectivity index is 1.34. The summed E-state index contributed by atoms with van der Waals surface area (Å²) in [6.45, 7) is 10.6. The lowest BCUT2D eigenvalue weighted by atomic mass is 9.96. The number of aromatic nitrogens is 3. The van der Waals surface area contributed by atoms with Gasteiger partial charge in [0.2, 0.25) is 5.91 Å². The maximum absolute atomic E-state index is 14.8. The molecule has 0 spiro atoms. The van der Waals surface area contributed by atoms with Crippen molar-refractivity contribution in [1.29, 1.82) is 0 Å². The number of piperazine rings is 1. The molecule has 2 aliphatic rings. The van der Waals surface area contributed by atoms with E-state index in [1.807, 2.05) is 110 Å². The fourth-order valence-electron chi connectivity index (χ4n) is 6.46. The zero-order valence-electron chi connectivity index (χ0n) is 28.0. The number of carbonyl (C=O) groups is 2. The van der Waals surface area contributed by atoms with E-state index in [0.29, 0.717) is 43.6 Å². The smallest absolute Gasteiger partial charge is 0.411 e. The van der Waals surface area contributed by atoms with Gasteiger partial charge in [0.05, 0.1) is 23.8 Å². The molecule has 2 aliphatic heterocycles. The summed E-state index contributed by atoms with van der Waals surface area (Å²) < 4.78 is 14.1. The van der Waals surface area contributed by atoms with E-state index in [1.54, 1.807) is 11.1 Å². The van der Waals surface area contributed by atoms with Gasteiger partial charge in [0, 0.05) is 67.8 Å². The van der Waals surface area contributed by atoms with Crippen LogP contribution in [0.3, 0.4) is 0 Å². The minimum Gasteiger partial charge on any atom is -0.488 e. The maximum atomic E-state index is 14.8. The molecule has 2 amide bonds. The summed E-state index contributed by atoms with van der Waals surface area (Å²) in [6, 6.07) is 18.5. The fraction of sp³-hybridized carbons (Fsp3) is 0.405. The molecule has 1 saturated heterocycles. The average molecular weight is 671 g/mol. The Bertz CT molecular complexity index is 1740. The summed E-state index contributed by atoms with van der Waals surface area (Å²) in [5.41, 5.74) is 4.01. The number of halogens is 1. The van der Waals surface area contributed by atoms with Crippen molar-refractivity contribution >= 4 is 23.6 Å². The molecule has 48 heavy (non-hydrogen) atoms. The van der Waals surface area contributed by atoms with Crippen LogP contribution in [-0.4, -0.2) is 79.1 Å². The summed E-state index contributed by atoms with van der Waals surface area (Å²) in [4.78, 5) is 43.5. The van der Waals surface area contributed by atoms with Crippen LogP contribution in [0.1, 0.15) is 61.3 Å². The highest BCUT2D eigenvalue weighted by molar-refractivity contribution is 6.30. The van der Waals surface area contributed by atoms with Gasteiger partial charge in [0.25, 0.3) is 0 Å². The summed E-state index contributed by atoms with van der Waals surface area (Å²) in [6.07, 6.45) is 5.83. The molecule has 6 rings (SSSR count). The second-order valence-electron chi connectivity index (χ2n) is 13.5. The molecule has 2 aromatic carbocycles. The molecule has 0 aliphatic carbocycles. The van der Waals surface area contributed by atoms with Crippen LogP contribution in [-0.2, 0) is 29.2 Å². The van der Waals surface area contributed by atoms with Crippen LogP contribution in [0.25, 0.3) is 0 Å². The number of rotatable bonds is 8. The molecular weight excluding hydrogens is 628 g/mol. The van der Waals surface area contributed by atoms with Crippen LogP contribution in [0.2, 0.25) is 5.02 Å². The van der Waals surface area contributed by atoms with Crippen LogP contribution in [0.5, 0.6) is 5.75 Å². The molecular formula is C37H43ClN6O4. The fourth-order valence-corrected chi connectivity index (χ4v) is 6.62. The second-order valence-corrected chi connectivity index (χ2v) is 13.9. The van der Waals surface area contributed by atoms with E-state index in [4.69, 9.17) is 26.1 Å². The van der Waals surface area contributed by atoms with Gasteiger partial charge in [-0.05, 0) is 57.9 Å². The molecule has 0 saturated carbocycles. The average Bonchev–Trinajstić information content (AvgIpc) is 3.40. The van der Waals surface area contributed by atoms with E-state index in [1.165, 1.54) is 0 Å². The Morgan fingerprint density at radius 3 is 2.62 bits per heavy atom. The lowest BCUT2D eigenvalue weighted by molar-refractivity contribution is -0.140. The minimum atomic E-state index is -0.792. The van der Waals surface area contributed by atoms with Crippen LogP contribution in [0, 0.1) is 6.92 Å². The van der Waals surface area contributed by atoms with E-state index < -0.39 is 17.7 Å². The Hall–Kier alpha value is -4.41. The van der Waals surface area contributed by atoms with Gasteiger partial charge >= 0.3 is 6.09 Å². The molecule has 2 atom stereocenters. The van der Waals surface area contributed by atoms with Crippen molar-refractivity contribution in [3.8, 4) is 5.75 Å². The Labute approximate surface area is 287 Å². The number of amides is 2. The van der Waals surface area contributed by atoms with Gasteiger partial charge in [-0.25, -0.2) is 9.78 Å². The lowest BCUT2D eigenvalue weighted by Crippen LogP contribution is -2.62. The molecule has 0 unspecified atom stereocenters. The van der Waals surface area contributed by atoms with Gasteiger partial charge in [-0.3, -0.25) is 19.6 Å². The molecule has 0 N–H and O–H groups in total. The van der Waals surface area contributed by atoms with E-state index in [2.05, 4.69) is 9.88 Å². The van der Waals surface area contributed by atoms with Crippen molar-refractivity contribution in [2.75, 3.05) is 26.2 Å². The van der Waals surface area contributed by atoms with Gasteiger partial charge in [0.15, 0.2) is 0 Å². The predicted molar refractivity (Wildman–Crippen MR) is 184 cm³/mol. The third kappa shape index (κ3) is 7.82. The molecule has 0 radical (unpaired) electrons. The molecule has 11 heteroatoms. The summed E-state index contributed by atoms with van der Waals surface area (Å²) in [7, 11) is 0. The first-order valence-corrected chi connectivity index (χ1v) is 16.8. The zero-order valence-corrected chi connectivity index (χ0v) is 28.8. The Morgan fingerprint density at radius 1 is 1.06 bits per heavy atom. The molecule has 0 bridgehead atoms. The van der Waals surface area contributed by atoms with Crippen molar-refractivity contribution in [3.63, 3.8) is 0 Å². The monoisotopic (exact) mass is 670 g/mol. The summed E-state index contributed by atoms with van der Waals surface area (Å²) >= 11 is 6.41. The van der Waals surface area contributed by atoms with Crippen molar-refractivity contribution in [3.05, 3.63) is 112 Å². The number of aryl methyl sites for hydroxylation is 2. The first kappa shape index (κ1) is 33.5. The number of fused-ring (bicyclic) bond motifs is 2. The Kier molecular flexibility index (Phi) is 10.0. The highest BCUT2D eigenvalue weighted by atomic mass is 35.5. The van der Waals surface area contributed by atoms with Gasteiger partial charge in [0.1, 0.15) is 24.0 Å². The number of carbonyl (C=O) groups excluding carboxylic acids is 2. The summed E-state index contributed by atoms with van der Waals surface area (Å²) in [5.74, 6) is 0.557. The molecule has 4 heterocycles. The highest BCUT2D eigenvalue weighted by Gasteiger charge is 2.43. The number of benzene rings is 2. The molecule has 10 nitrogen and oxygen atoms in total. The summed E-state index contributed by atoms with van der Waals surface area (Å²) in [5, 5.41) is 0.580. The van der Waals surface area contributed by atoms with E-state index in [-0.39, 0.29) is 18.5 Å². The van der Waals surface area contributed by atoms with E-state index >= 15 is 0 Å². The van der Waals surface area contributed by atoms with Gasteiger partial charge in [-0.15, -0.1) is 0 Å². The molecule has 252 valence electrons. The van der Waals surface area contributed by atoms with Crippen molar-refractivity contribution in [2.45, 2.75) is 71.5 Å². The first-order chi connectivity index (χ1) is 23.1. The standard InChI is InChI=1S/C37H43ClN6O4/c1-26-21-41(25-40-26)16-9-17-43(22-27-10-6-5-7-11-27)35(45)31-23-42(18-19-44(31)36(46)48-37(2,3)4)34-30-14-13-29(38)20-32(30)47-24-28-12-8-15-39-33(28)34/h5-8,10-15,20-21,25,31,34H,9,16-19,22-24H2,1-4H3/t31-,34-/m1/s1. The minimum absolute atomic E-state index is 0.126. The molecule has 2 aromatic heterocycles. The number of hydrogen-bond acceptors (Lipinski definition) is 7.